The van der Waals surface area contributed by atoms with Crippen LogP contribution in [0.5, 0.6) is 11.5 Å². The number of rotatable bonds is 13. The Balaban J connectivity index is 0.957. The van der Waals surface area contributed by atoms with E-state index in [0.29, 0.717) is 41.3 Å². The van der Waals surface area contributed by atoms with Gasteiger partial charge in [-0.05, 0) is 109 Å². The summed E-state index contributed by atoms with van der Waals surface area (Å²) >= 11 is 7.46. The third kappa shape index (κ3) is 8.76. The molecule has 1 spiro atoms. The molecule has 0 unspecified atom stereocenters. The topological polar surface area (TPSA) is 119 Å². The summed E-state index contributed by atoms with van der Waals surface area (Å²) in [6.45, 7) is 5.87. The molecule has 3 aliphatic carbocycles. The fraction of sp³-hybridized carbons (Fsp3) is 0.341. The van der Waals surface area contributed by atoms with E-state index in [1.165, 1.54) is 61.6 Å². The number of nitrogens with zero attached hydrogens (tertiary/aromatic N) is 3. The molecule has 4 aromatic rings. The van der Waals surface area contributed by atoms with Crippen molar-refractivity contribution < 1.29 is 14.3 Å². The van der Waals surface area contributed by atoms with Crippen molar-refractivity contribution in [1.29, 1.82) is 5.41 Å². The number of methoxy groups -OCH3 is 1. The summed E-state index contributed by atoms with van der Waals surface area (Å²) < 4.78 is 14.5. The number of aromatic amines is 1. The number of hydrogen-bond donors (Lipinski definition) is 4. The van der Waals surface area contributed by atoms with Crippen molar-refractivity contribution in [2.45, 2.75) is 38.5 Å². The number of pyridine rings is 1. The molecule has 10 nitrogen and oxygen atoms in total. The maximum absolute atomic E-state index is 13.7. The summed E-state index contributed by atoms with van der Waals surface area (Å²) in [4.78, 5) is 27.1. The average molecular weight is 790 g/mol. The van der Waals surface area contributed by atoms with E-state index in [1.807, 2.05) is 60.8 Å². The molecule has 1 amide bonds. The highest BCUT2D eigenvalue weighted by molar-refractivity contribution is 8.02. The molecule has 56 heavy (non-hydrogen) atoms. The summed E-state index contributed by atoms with van der Waals surface area (Å²) in [5.74, 6) is 0.714. The minimum absolute atomic E-state index is 0.290. The smallest absolute Gasteiger partial charge is 0.265 e. The Kier molecular flexibility index (Phi) is 11.7. The molecule has 2 aromatic heterocycles. The number of fused-ring (bicyclic) bond motifs is 1. The van der Waals surface area contributed by atoms with Gasteiger partial charge in [0, 0.05) is 91.4 Å². The van der Waals surface area contributed by atoms with Crippen LogP contribution in [-0.2, 0) is 4.74 Å². The van der Waals surface area contributed by atoms with Gasteiger partial charge < -0.3 is 30.1 Å². The molecule has 4 aliphatic rings. The van der Waals surface area contributed by atoms with Crippen molar-refractivity contribution in [3.05, 3.63) is 124 Å². The number of benzene rings is 2. The Hall–Kier alpha value is -4.81. The minimum Gasteiger partial charge on any atom is -0.455 e. The Bertz CT molecular complexity index is 2210. The molecule has 4 N–H and O–H groups in total. The van der Waals surface area contributed by atoms with E-state index in [2.05, 4.69) is 41.9 Å². The summed E-state index contributed by atoms with van der Waals surface area (Å²) in [6.07, 6.45) is 18.5. The molecule has 1 aliphatic heterocycles. The average Bonchev–Trinajstić information content (AvgIpc) is 3.68. The molecule has 1 saturated carbocycles. The highest BCUT2D eigenvalue weighted by Gasteiger charge is 2.41. The van der Waals surface area contributed by atoms with E-state index in [-0.39, 0.29) is 5.91 Å². The highest BCUT2D eigenvalue weighted by atomic mass is 35.5. The van der Waals surface area contributed by atoms with Gasteiger partial charge in [0.25, 0.3) is 5.91 Å². The van der Waals surface area contributed by atoms with Gasteiger partial charge in [-0.15, -0.1) is 0 Å². The van der Waals surface area contributed by atoms with Crippen molar-refractivity contribution >= 4 is 57.5 Å². The first-order valence-corrected chi connectivity index (χ1v) is 20.6. The van der Waals surface area contributed by atoms with Crippen molar-refractivity contribution in [1.82, 2.24) is 24.9 Å². The van der Waals surface area contributed by atoms with E-state index in [4.69, 9.17) is 26.5 Å². The van der Waals surface area contributed by atoms with Gasteiger partial charge >= 0.3 is 0 Å². The van der Waals surface area contributed by atoms with Crippen LogP contribution in [0.3, 0.4) is 0 Å². The Labute approximate surface area is 337 Å². The first kappa shape index (κ1) is 38.1. The number of allylic oxidation sites excluding steroid dienone is 5. The van der Waals surface area contributed by atoms with Crippen LogP contribution in [0.15, 0.2) is 107 Å². The number of carbonyl (C=O) groups excluding carboxylic acids is 1. The molecule has 0 radical (unpaired) electrons. The Morgan fingerprint density at radius 1 is 1.07 bits per heavy atom. The van der Waals surface area contributed by atoms with Gasteiger partial charge in [-0.3, -0.25) is 14.4 Å². The standard InChI is InChI=1S/C44H48ClN7O3S/c1-54-22-17-47-27-32-5-9-37(25-40(32)46)56-50-43(53)38-10-8-35(24-41(38)55-36-23-31-12-16-48-42(31)49-28-36)52-20-18-51(19-21-52)29-33-11-15-44(13-2-14-44)26-39(33)30-3-6-34(45)7-4-30/h3-10,12,16,23-25,27-28,46-47H,2,11,13-15,17-22,26,29H2,1H3,(H,48,49)(H,50,53)/b32-27-,46-40?. The van der Waals surface area contributed by atoms with Gasteiger partial charge in [0.15, 0.2) is 0 Å². The number of amides is 1. The van der Waals surface area contributed by atoms with Crippen LogP contribution in [0, 0.1) is 10.8 Å². The van der Waals surface area contributed by atoms with Crippen LogP contribution in [0.2, 0.25) is 5.02 Å². The Morgan fingerprint density at radius 3 is 2.68 bits per heavy atom. The van der Waals surface area contributed by atoms with Gasteiger partial charge in [0.1, 0.15) is 17.1 Å². The van der Waals surface area contributed by atoms with Gasteiger partial charge in [-0.25, -0.2) is 4.98 Å². The molecule has 12 heteroatoms. The molecule has 2 fully saturated rings. The zero-order valence-corrected chi connectivity index (χ0v) is 33.3. The second-order valence-corrected chi connectivity index (χ2v) is 16.4. The fourth-order valence-electron chi connectivity index (χ4n) is 8.13. The van der Waals surface area contributed by atoms with Crippen LogP contribution >= 0.6 is 23.5 Å². The van der Waals surface area contributed by atoms with Crippen LogP contribution < -0.4 is 19.7 Å². The predicted octanol–water partition coefficient (Wildman–Crippen LogP) is 8.91. The number of ether oxygens (including phenoxy) is 2. The number of carbonyl (C=O) groups is 1. The third-order valence-electron chi connectivity index (χ3n) is 11.5. The minimum atomic E-state index is -0.290. The SMILES string of the molecule is COCCN/C=C1/C=CC(SNC(=O)c2ccc(N3CCN(CC4=C(c5ccc(Cl)cc5)CC5(CCC5)CC4)CC3)cc2Oc2cnc3[nH]ccc3c2)=CC1=N. The lowest BCUT2D eigenvalue weighted by Crippen LogP contribution is -2.47. The second kappa shape index (κ2) is 17.1. The molecular formula is C44H48ClN7O3S. The number of hydrogen-bond acceptors (Lipinski definition) is 9. The second-order valence-electron chi connectivity index (χ2n) is 15.1. The van der Waals surface area contributed by atoms with Crippen LogP contribution in [0.4, 0.5) is 5.69 Å². The zero-order chi connectivity index (χ0) is 38.5. The van der Waals surface area contributed by atoms with E-state index in [0.717, 1.165) is 64.9 Å². The van der Waals surface area contributed by atoms with E-state index in [1.54, 1.807) is 31.2 Å². The summed E-state index contributed by atoms with van der Waals surface area (Å²) in [7, 11) is 1.65. The number of piperazine rings is 1. The summed E-state index contributed by atoms with van der Waals surface area (Å²) in [5.41, 5.74) is 8.26. The molecule has 1 saturated heterocycles. The number of halogens is 1. The lowest BCUT2D eigenvalue weighted by Gasteiger charge is -2.47. The number of aromatic nitrogens is 2. The lowest BCUT2D eigenvalue weighted by molar-refractivity contribution is 0.0982. The lowest BCUT2D eigenvalue weighted by atomic mass is 9.59. The van der Waals surface area contributed by atoms with E-state index >= 15 is 0 Å². The normalized spacial score (nSPS) is 19.0. The molecule has 0 bridgehead atoms. The van der Waals surface area contributed by atoms with Crippen molar-refractivity contribution in [3.8, 4) is 11.5 Å². The fourth-order valence-corrected chi connectivity index (χ4v) is 8.89. The van der Waals surface area contributed by atoms with Crippen LogP contribution in [0.1, 0.15) is 54.4 Å². The predicted molar refractivity (Wildman–Crippen MR) is 228 cm³/mol. The van der Waals surface area contributed by atoms with Gasteiger partial charge in [-0.2, -0.15) is 0 Å². The van der Waals surface area contributed by atoms with Crippen molar-refractivity contribution in [2.24, 2.45) is 5.41 Å². The molecule has 0 atom stereocenters. The number of nitrogens with one attached hydrogen (secondary N) is 4. The Morgan fingerprint density at radius 2 is 1.91 bits per heavy atom. The number of anilines is 1. The number of H-pyrrole nitrogens is 1. The van der Waals surface area contributed by atoms with E-state index < -0.39 is 0 Å². The first-order chi connectivity index (χ1) is 27.3. The molecule has 3 heterocycles. The quantitative estimate of drug-likeness (QED) is 0.0784. The highest BCUT2D eigenvalue weighted by Crippen LogP contribution is 2.55. The molecule has 290 valence electrons. The monoisotopic (exact) mass is 789 g/mol. The van der Waals surface area contributed by atoms with Crippen LogP contribution in [0.25, 0.3) is 16.6 Å². The van der Waals surface area contributed by atoms with Crippen molar-refractivity contribution in [3.63, 3.8) is 0 Å². The maximum Gasteiger partial charge on any atom is 0.265 e. The third-order valence-corrected chi connectivity index (χ3v) is 12.5. The molecular weight excluding hydrogens is 742 g/mol. The largest absolute Gasteiger partial charge is 0.455 e. The maximum atomic E-state index is 13.7. The summed E-state index contributed by atoms with van der Waals surface area (Å²) in [5, 5.41) is 13.3. The first-order valence-electron chi connectivity index (χ1n) is 19.4. The molecule has 2 aromatic carbocycles. The van der Waals surface area contributed by atoms with Gasteiger partial charge in [-0.1, -0.05) is 41.8 Å². The van der Waals surface area contributed by atoms with Gasteiger partial charge in [0.2, 0.25) is 0 Å². The van der Waals surface area contributed by atoms with Gasteiger partial charge in [0.05, 0.1) is 24.1 Å². The summed E-state index contributed by atoms with van der Waals surface area (Å²) in [6, 6.07) is 18.2. The zero-order valence-electron chi connectivity index (χ0n) is 31.7. The molecule has 8 rings (SSSR count). The van der Waals surface area contributed by atoms with Crippen LogP contribution in [-0.4, -0.2) is 79.5 Å². The van der Waals surface area contributed by atoms with Crippen molar-refractivity contribution in [2.75, 3.05) is 57.9 Å². The van der Waals surface area contributed by atoms with E-state index in [9.17, 15) is 4.79 Å².